The molecule has 0 aliphatic heterocycles. The lowest BCUT2D eigenvalue weighted by molar-refractivity contribution is -0.113. The van der Waals surface area contributed by atoms with E-state index in [1.165, 1.54) is 32.5 Å². The predicted octanol–water partition coefficient (Wildman–Crippen LogP) is 3.80. The molecule has 1 amide bonds. The van der Waals surface area contributed by atoms with Gasteiger partial charge in [0.25, 0.3) is 0 Å². The second kappa shape index (κ2) is 8.49. The number of benzene rings is 2. The summed E-state index contributed by atoms with van der Waals surface area (Å²) in [6.45, 7) is 5.96. The van der Waals surface area contributed by atoms with Gasteiger partial charge in [-0.1, -0.05) is 35.7 Å². The Labute approximate surface area is 166 Å². The van der Waals surface area contributed by atoms with E-state index in [2.05, 4.69) is 47.6 Å². The van der Waals surface area contributed by atoms with Crippen LogP contribution in [0.1, 0.15) is 17.0 Å². The highest BCUT2D eigenvalue weighted by Gasteiger charge is 2.10. The van der Waals surface area contributed by atoms with Crippen molar-refractivity contribution in [2.45, 2.75) is 35.7 Å². The molecule has 0 aliphatic carbocycles. The second-order valence-corrected chi connectivity index (χ2v) is 8.19. The summed E-state index contributed by atoms with van der Waals surface area (Å²) in [7, 11) is 0. The van der Waals surface area contributed by atoms with Gasteiger partial charge in [-0.3, -0.25) is 4.79 Å². The molecule has 0 saturated carbocycles. The topological polar surface area (TPSA) is 85.8 Å². The molecule has 3 N–H and O–H groups in total. The molecule has 3 rings (SSSR count). The molecule has 2 aromatic carbocycles. The molecule has 0 fully saturated rings. The van der Waals surface area contributed by atoms with E-state index in [9.17, 15) is 4.79 Å². The monoisotopic (exact) mass is 399 g/mol. The normalized spacial score (nSPS) is 10.8. The molecule has 0 atom stereocenters. The third kappa shape index (κ3) is 5.05. The van der Waals surface area contributed by atoms with E-state index < -0.39 is 0 Å². The lowest BCUT2D eigenvalue weighted by atomic mass is 10.2. The number of hydrogen-bond acceptors (Lipinski definition) is 6. The minimum absolute atomic E-state index is 0.115. The van der Waals surface area contributed by atoms with Crippen LogP contribution in [0.25, 0.3) is 0 Å². The van der Waals surface area contributed by atoms with E-state index in [1.54, 1.807) is 18.7 Å². The maximum atomic E-state index is 12.1. The Bertz CT molecular complexity index is 953. The number of amides is 1. The summed E-state index contributed by atoms with van der Waals surface area (Å²) in [5, 5.41) is 11.2. The summed E-state index contributed by atoms with van der Waals surface area (Å²) in [6, 6.07) is 14.3. The Morgan fingerprint density at radius 2 is 1.85 bits per heavy atom. The van der Waals surface area contributed by atoms with E-state index in [4.69, 9.17) is 5.84 Å². The highest BCUT2D eigenvalue weighted by atomic mass is 32.2. The molecule has 8 heteroatoms. The van der Waals surface area contributed by atoms with Crippen molar-refractivity contribution in [2.75, 3.05) is 16.9 Å². The van der Waals surface area contributed by atoms with Crippen LogP contribution in [0, 0.1) is 20.8 Å². The molecule has 27 heavy (non-hydrogen) atoms. The molecule has 0 bridgehead atoms. The van der Waals surface area contributed by atoms with E-state index in [1.807, 2.05) is 24.3 Å². The van der Waals surface area contributed by atoms with E-state index in [0.717, 1.165) is 10.6 Å². The minimum atomic E-state index is -0.115. The van der Waals surface area contributed by atoms with E-state index in [0.29, 0.717) is 11.0 Å². The fraction of sp³-hybridized carbons (Fsp3) is 0.211. The standard InChI is InChI=1S/C19H21N5OS2/c1-12-4-5-13(2)17(10-12)27-16-8-6-15(7-9-16)21-18(25)11-26-19-23-22-14(3)24(19)20/h4-10H,11,20H2,1-3H3,(H,21,25). The van der Waals surface area contributed by atoms with Crippen molar-refractivity contribution in [1.82, 2.24) is 14.9 Å². The maximum Gasteiger partial charge on any atom is 0.234 e. The number of rotatable bonds is 6. The number of nitrogens with one attached hydrogen (secondary N) is 1. The van der Waals surface area contributed by atoms with Gasteiger partial charge >= 0.3 is 0 Å². The first kappa shape index (κ1) is 19.3. The van der Waals surface area contributed by atoms with E-state index in [-0.39, 0.29) is 11.7 Å². The number of aromatic nitrogens is 3. The van der Waals surface area contributed by atoms with Crippen LogP contribution in [0.4, 0.5) is 5.69 Å². The third-order valence-electron chi connectivity index (χ3n) is 3.88. The average molecular weight is 400 g/mol. The second-order valence-electron chi connectivity index (χ2n) is 6.13. The zero-order valence-corrected chi connectivity index (χ0v) is 17.0. The Kier molecular flexibility index (Phi) is 6.08. The molecule has 140 valence electrons. The van der Waals surface area contributed by atoms with Crippen LogP contribution in [0.5, 0.6) is 0 Å². The van der Waals surface area contributed by atoms with Gasteiger partial charge in [0.05, 0.1) is 5.75 Å². The Morgan fingerprint density at radius 3 is 2.52 bits per heavy atom. The Hall–Kier alpha value is -2.45. The molecule has 3 aromatic rings. The van der Waals surface area contributed by atoms with Gasteiger partial charge in [-0.25, -0.2) is 4.68 Å². The number of anilines is 1. The van der Waals surface area contributed by atoms with Gasteiger partial charge in [-0.05, 0) is 62.2 Å². The molecule has 1 aromatic heterocycles. The lowest BCUT2D eigenvalue weighted by Gasteiger charge is -2.08. The van der Waals surface area contributed by atoms with Crippen molar-refractivity contribution in [2.24, 2.45) is 0 Å². The minimum Gasteiger partial charge on any atom is -0.336 e. The van der Waals surface area contributed by atoms with Gasteiger partial charge in [0, 0.05) is 15.5 Å². The first-order valence-corrected chi connectivity index (χ1v) is 10.2. The molecule has 0 spiro atoms. The highest BCUT2D eigenvalue weighted by molar-refractivity contribution is 7.99. The van der Waals surface area contributed by atoms with Crippen molar-refractivity contribution in [1.29, 1.82) is 0 Å². The van der Waals surface area contributed by atoms with Crippen LogP contribution in [-0.2, 0) is 4.79 Å². The first-order chi connectivity index (χ1) is 12.9. The first-order valence-electron chi connectivity index (χ1n) is 8.37. The van der Waals surface area contributed by atoms with Crippen LogP contribution in [-0.4, -0.2) is 26.5 Å². The van der Waals surface area contributed by atoms with Crippen LogP contribution < -0.4 is 11.2 Å². The fourth-order valence-electron chi connectivity index (χ4n) is 2.33. The van der Waals surface area contributed by atoms with Gasteiger partial charge < -0.3 is 11.2 Å². The Morgan fingerprint density at radius 1 is 1.11 bits per heavy atom. The highest BCUT2D eigenvalue weighted by Crippen LogP contribution is 2.31. The van der Waals surface area contributed by atoms with Gasteiger partial charge in [-0.2, -0.15) is 0 Å². The number of thioether (sulfide) groups is 1. The van der Waals surface area contributed by atoms with Gasteiger partial charge in [-0.15, -0.1) is 10.2 Å². The molecular weight excluding hydrogens is 378 g/mol. The summed E-state index contributed by atoms with van der Waals surface area (Å²) in [5.41, 5.74) is 3.26. The Balaban J connectivity index is 1.56. The summed E-state index contributed by atoms with van der Waals surface area (Å²) in [5.74, 6) is 6.49. The third-order valence-corrected chi connectivity index (χ3v) is 5.99. The van der Waals surface area contributed by atoms with E-state index >= 15 is 0 Å². The van der Waals surface area contributed by atoms with Crippen molar-refractivity contribution < 1.29 is 4.79 Å². The maximum absolute atomic E-state index is 12.1. The van der Waals surface area contributed by atoms with Crippen molar-refractivity contribution >= 4 is 35.1 Å². The number of carbonyl (C=O) groups excluding carboxylic acids is 1. The number of carbonyl (C=O) groups is 1. The number of nitrogen functional groups attached to an aromatic ring is 1. The zero-order valence-electron chi connectivity index (χ0n) is 15.4. The quantitative estimate of drug-likeness (QED) is 0.484. The smallest absolute Gasteiger partial charge is 0.234 e. The summed E-state index contributed by atoms with van der Waals surface area (Å²) >= 11 is 2.97. The van der Waals surface area contributed by atoms with Crippen LogP contribution in [0.3, 0.4) is 0 Å². The van der Waals surface area contributed by atoms with Crippen molar-refractivity contribution in [3.05, 3.63) is 59.4 Å². The molecule has 0 aliphatic rings. The molecule has 0 radical (unpaired) electrons. The van der Waals surface area contributed by atoms with Crippen LogP contribution in [0.15, 0.2) is 57.4 Å². The number of nitrogens with two attached hydrogens (primary N) is 1. The van der Waals surface area contributed by atoms with Gasteiger partial charge in [0.2, 0.25) is 11.1 Å². The largest absolute Gasteiger partial charge is 0.336 e. The molecule has 0 unspecified atom stereocenters. The fourth-order valence-corrected chi connectivity index (χ4v) is 4.03. The van der Waals surface area contributed by atoms with Crippen LogP contribution in [0.2, 0.25) is 0 Å². The molecule has 1 heterocycles. The summed E-state index contributed by atoms with van der Waals surface area (Å²) in [4.78, 5) is 14.5. The van der Waals surface area contributed by atoms with Crippen molar-refractivity contribution in [3.8, 4) is 0 Å². The summed E-state index contributed by atoms with van der Waals surface area (Å²) in [6.07, 6.45) is 0. The molecule has 0 saturated heterocycles. The molecule has 6 nitrogen and oxygen atoms in total. The van der Waals surface area contributed by atoms with Gasteiger partial charge in [0.15, 0.2) is 0 Å². The average Bonchev–Trinajstić information content (AvgIpc) is 2.96. The van der Waals surface area contributed by atoms with Crippen molar-refractivity contribution in [3.63, 3.8) is 0 Å². The number of hydrogen-bond donors (Lipinski definition) is 2. The zero-order chi connectivity index (χ0) is 19.4. The van der Waals surface area contributed by atoms with Gasteiger partial charge in [0.1, 0.15) is 5.82 Å². The summed E-state index contributed by atoms with van der Waals surface area (Å²) < 4.78 is 1.37. The molecular formula is C19H21N5OS2. The van der Waals surface area contributed by atoms with Crippen LogP contribution >= 0.6 is 23.5 Å². The SMILES string of the molecule is Cc1ccc(C)c(Sc2ccc(NC(=O)CSc3nnc(C)n3N)cc2)c1. The number of nitrogens with zero attached hydrogens (tertiary/aromatic N) is 3. The predicted molar refractivity (Wildman–Crippen MR) is 111 cm³/mol. The number of aryl methyl sites for hydroxylation is 3. The lowest BCUT2D eigenvalue weighted by Crippen LogP contribution is -2.16.